The van der Waals surface area contributed by atoms with E-state index < -0.39 is 0 Å². The molecule has 0 bridgehead atoms. The highest BCUT2D eigenvalue weighted by atomic mass is 16.3. The van der Waals surface area contributed by atoms with Gasteiger partial charge in [-0.15, -0.1) is 0 Å². The fraction of sp³-hybridized carbons (Fsp3) is 0.105. The number of aliphatic hydroxyl groups excluding tert-OH is 1. The summed E-state index contributed by atoms with van der Waals surface area (Å²) in [5.74, 6) is -0.187. The quantitative estimate of drug-likeness (QED) is 0.766. The molecule has 0 unspecified atom stereocenters. The van der Waals surface area contributed by atoms with Crippen LogP contribution in [0.1, 0.15) is 21.5 Å². The molecule has 0 spiro atoms. The van der Waals surface area contributed by atoms with Crippen molar-refractivity contribution in [1.29, 1.82) is 0 Å². The number of hydrogen-bond donors (Lipinski definition) is 2. The van der Waals surface area contributed by atoms with E-state index in [2.05, 4.69) is 5.32 Å². The minimum Gasteiger partial charge on any atom is -0.472 e. The van der Waals surface area contributed by atoms with Gasteiger partial charge in [0.15, 0.2) is 0 Å². The second kappa shape index (κ2) is 6.50. The Morgan fingerprint density at radius 3 is 2.74 bits per heavy atom. The summed E-state index contributed by atoms with van der Waals surface area (Å²) in [6.07, 6.45) is 3.25. The lowest BCUT2D eigenvalue weighted by Crippen LogP contribution is -2.13. The predicted octanol–water partition coefficient (Wildman–Crippen LogP) is 4.00. The van der Waals surface area contributed by atoms with Crippen LogP contribution in [0.25, 0.3) is 11.1 Å². The average molecular weight is 307 g/mol. The highest BCUT2D eigenvalue weighted by Crippen LogP contribution is 2.22. The first kappa shape index (κ1) is 15.1. The number of hydrogen-bond acceptors (Lipinski definition) is 3. The normalized spacial score (nSPS) is 10.5. The molecular weight excluding hydrogens is 290 g/mol. The molecule has 1 aromatic heterocycles. The molecule has 0 aliphatic rings. The van der Waals surface area contributed by atoms with E-state index in [0.717, 1.165) is 22.3 Å². The summed E-state index contributed by atoms with van der Waals surface area (Å²) in [5, 5.41) is 12.1. The third-order valence-electron chi connectivity index (χ3n) is 3.71. The van der Waals surface area contributed by atoms with Crippen LogP contribution in [-0.4, -0.2) is 11.0 Å². The number of nitrogens with one attached hydrogen (secondary N) is 1. The van der Waals surface area contributed by atoms with Gasteiger partial charge in [0, 0.05) is 16.8 Å². The number of benzene rings is 2. The van der Waals surface area contributed by atoms with Gasteiger partial charge in [-0.1, -0.05) is 24.3 Å². The van der Waals surface area contributed by atoms with Crippen molar-refractivity contribution in [3.8, 4) is 11.1 Å². The second-order valence-corrected chi connectivity index (χ2v) is 5.35. The third-order valence-corrected chi connectivity index (χ3v) is 3.71. The first-order chi connectivity index (χ1) is 11.2. The van der Waals surface area contributed by atoms with Gasteiger partial charge in [0.1, 0.15) is 0 Å². The lowest BCUT2D eigenvalue weighted by molar-refractivity contribution is 0.102. The van der Waals surface area contributed by atoms with Gasteiger partial charge in [0.05, 0.1) is 19.1 Å². The fourth-order valence-corrected chi connectivity index (χ4v) is 2.37. The molecule has 23 heavy (non-hydrogen) atoms. The van der Waals surface area contributed by atoms with Crippen molar-refractivity contribution in [2.75, 3.05) is 5.32 Å². The van der Waals surface area contributed by atoms with Crippen molar-refractivity contribution in [3.05, 3.63) is 77.7 Å². The number of anilines is 1. The number of furan rings is 1. The zero-order valence-corrected chi connectivity index (χ0v) is 12.7. The Hall–Kier alpha value is -2.85. The molecule has 1 amide bonds. The Kier molecular flexibility index (Phi) is 4.26. The zero-order chi connectivity index (χ0) is 16.2. The van der Waals surface area contributed by atoms with Crippen molar-refractivity contribution in [1.82, 2.24) is 0 Å². The Bertz CT molecular complexity index is 822. The Balaban J connectivity index is 1.85. The van der Waals surface area contributed by atoms with Crippen LogP contribution >= 0.6 is 0 Å². The molecule has 0 aliphatic heterocycles. The van der Waals surface area contributed by atoms with E-state index in [0.29, 0.717) is 11.3 Å². The number of carbonyl (C=O) groups is 1. The molecule has 0 fully saturated rings. The molecule has 3 aromatic rings. The van der Waals surface area contributed by atoms with Crippen LogP contribution in [0.2, 0.25) is 0 Å². The smallest absolute Gasteiger partial charge is 0.255 e. The monoisotopic (exact) mass is 307 g/mol. The van der Waals surface area contributed by atoms with Crippen LogP contribution in [0.15, 0.2) is 65.5 Å². The summed E-state index contributed by atoms with van der Waals surface area (Å²) in [6, 6.07) is 14.7. The highest BCUT2D eigenvalue weighted by Gasteiger charge is 2.10. The van der Waals surface area contributed by atoms with Crippen molar-refractivity contribution < 1.29 is 14.3 Å². The molecular formula is C19H17NO3. The lowest BCUT2D eigenvalue weighted by Gasteiger charge is -2.10. The van der Waals surface area contributed by atoms with E-state index >= 15 is 0 Å². The maximum Gasteiger partial charge on any atom is 0.255 e. The second-order valence-electron chi connectivity index (χ2n) is 5.35. The summed E-state index contributed by atoms with van der Waals surface area (Å²) in [6.45, 7) is 1.86. The molecule has 2 N–H and O–H groups in total. The van der Waals surface area contributed by atoms with E-state index in [1.54, 1.807) is 24.7 Å². The van der Waals surface area contributed by atoms with E-state index in [1.165, 1.54) is 0 Å². The maximum absolute atomic E-state index is 12.5. The number of amides is 1. The number of carbonyl (C=O) groups excluding carboxylic acids is 1. The zero-order valence-electron chi connectivity index (χ0n) is 12.7. The van der Waals surface area contributed by atoms with Crippen LogP contribution in [0.4, 0.5) is 5.69 Å². The van der Waals surface area contributed by atoms with Gasteiger partial charge in [-0.2, -0.15) is 0 Å². The van der Waals surface area contributed by atoms with Crippen molar-refractivity contribution in [2.45, 2.75) is 13.5 Å². The molecule has 2 aromatic carbocycles. The maximum atomic E-state index is 12.5. The van der Waals surface area contributed by atoms with Crippen LogP contribution in [-0.2, 0) is 6.61 Å². The first-order valence-electron chi connectivity index (χ1n) is 7.32. The molecule has 4 nitrogen and oxygen atoms in total. The fourth-order valence-electron chi connectivity index (χ4n) is 2.37. The van der Waals surface area contributed by atoms with Crippen molar-refractivity contribution >= 4 is 11.6 Å². The van der Waals surface area contributed by atoms with Gasteiger partial charge in [0.25, 0.3) is 5.91 Å². The molecule has 0 atom stereocenters. The summed E-state index contributed by atoms with van der Waals surface area (Å²) in [7, 11) is 0. The van der Waals surface area contributed by atoms with E-state index in [1.807, 2.05) is 43.3 Å². The third kappa shape index (κ3) is 3.33. The molecule has 1 heterocycles. The largest absolute Gasteiger partial charge is 0.472 e. The van der Waals surface area contributed by atoms with E-state index in [4.69, 9.17) is 4.42 Å². The Morgan fingerprint density at radius 1 is 1.13 bits per heavy atom. The number of rotatable bonds is 4. The van der Waals surface area contributed by atoms with Crippen LogP contribution in [0.5, 0.6) is 0 Å². The van der Waals surface area contributed by atoms with E-state index in [-0.39, 0.29) is 12.5 Å². The molecule has 0 saturated carbocycles. The standard InChI is InChI=1S/C19H17NO3/c1-13-5-6-14(11-21)9-18(13)20-19(22)16-4-2-3-15(10-16)17-7-8-23-12-17/h2-10,12,21H,11H2,1H3,(H,20,22). The molecule has 4 heteroatoms. The van der Waals surface area contributed by atoms with Gasteiger partial charge in [-0.3, -0.25) is 4.79 Å². The van der Waals surface area contributed by atoms with E-state index in [9.17, 15) is 9.90 Å². The molecule has 3 rings (SSSR count). The predicted molar refractivity (Wildman–Crippen MR) is 89.2 cm³/mol. The van der Waals surface area contributed by atoms with Crippen molar-refractivity contribution in [2.24, 2.45) is 0 Å². The molecule has 116 valence electrons. The minimum atomic E-state index is -0.187. The molecule has 0 radical (unpaired) electrons. The van der Waals surface area contributed by atoms with Crippen LogP contribution < -0.4 is 5.32 Å². The first-order valence-corrected chi connectivity index (χ1v) is 7.32. The van der Waals surface area contributed by atoms with Crippen molar-refractivity contribution in [3.63, 3.8) is 0 Å². The van der Waals surface area contributed by atoms with Crippen LogP contribution in [0.3, 0.4) is 0 Å². The SMILES string of the molecule is Cc1ccc(CO)cc1NC(=O)c1cccc(-c2ccoc2)c1. The van der Waals surface area contributed by atoms with Crippen LogP contribution in [0, 0.1) is 6.92 Å². The van der Waals surface area contributed by atoms with Gasteiger partial charge in [-0.05, 0) is 47.9 Å². The number of aryl methyl sites for hydroxylation is 1. The van der Waals surface area contributed by atoms with Gasteiger partial charge < -0.3 is 14.8 Å². The summed E-state index contributed by atoms with van der Waals surface area (Å²) < 4.78 is 5.08. The molecule has 0 aliphatic carbocycles. The lowest BCUT2D eigenvalue weighted by atomic mass is 10.0. The summed E-state index contributed by atoms with van der Waals surface area (Å²) in [4.78, 5) is 12.5. The topological polar surface area (TPSA) is 62.5 Å². The molecule has 0 saturated heterocycles. The average Bonchev–Trinajstić information content (AvgIpc) is 3.11. The van der Waals surface area contributed by atoms with Gasteiger partial charge in [-0.25, -0.2) is 0 Å². The number of aliphatic hydroxyl groups is 1. The van der Waals surface area contributed by atoms with Gasteiger partial charge in [0.2, 0.25) is 0 Å². The minimum absolute atomic E-state index is 0.0564. The van der Waals surface area contributed by atoms with Gasteiger partial charge >= 0.3 is 0 Å². The Morgan fingerprint density at radius 2 is 2.00 bits per heavy atom. The highest BCUT2D eigenvalue weighted by molar-refractivity contribution is 6.05. The summed E-state index contributed by atoms with van der Waals surface area (Å²) in [5.41, 5.74) is 4.83. The summed E-state index contributed by atoms with van der Waals surface area (Å²) >= 11 is 0. The Labute approximate surface area is 134 Å².